The van der Waals surface area contributed by atoms with Crippen molar-refractivity contribution in [3.8, 4) is 0 Å². The molecule has 1 aliphatic rings. The molecule has 1 aliphatic heterocycles. The van der Waals surface area contributed by atoms with Gasteiger partial charge in [-0.2, -0.15) is 0 Å². The van der Waals surface area contributed by atoms with E-state index in [1.807, 2.05) is 93.6 Å². The molecule has 2 N–H and O–H groups in total. The summed E-state index contributed by atoms with van der Waals surface area (Å²) in [5.41, 5.74) is 4.73. The second kappa shape index (κ2) is 11.6. The number of para-hydroxylation sites is 2. The van der Waals surface area contributed by atoms with E-state index in [1.165, 1.54) is 4.90 Å². The topological polar surface area (TPSA) is 81.8 Å². The van der Waals surface area contributed by atoms with Gasteiger partial charge >= 0.3 is 6.03 Å². The van der Waals surface area contributed by atoms with Crippen LogP contribution in [0.3, 0.4) is 0 Å². The van der Waals surface area contributed by atoms with Gasteiger partial charge in [-0.15, -0.1) is 0 Å². The summed E-state index contributed by atoms with van der Waals surface area (Å²) in [5.74, 6) is -0.529. The Morgan fingerprint density at radius 1 is 0.892 bits per heavy atom. The van der Waals surface area contributed by atoms with E-state index < -0.39 is 12.1 Å². The number of likely N-dealkylation sites (N-methyl/N-ethyl adjacent to an activating group) is 1. The van der Waals surface area contributed by atoms with Crippen LogP contribution >= 0.6 is 0 Å². The van der Waals surface area contributed by atoms with Crippen molar-refractivity contribution in [3.05, 3.63) is 102 Å². The van der Waals surface area contributed by atoms with Crippen molar-refractivity contribution in [3.63, 3.8) is 0 Å². The van der Waals surface area contributed by atoms with E-state index in [0.717, 1.165) is 22.3 Å². The standard InChI is InChI=1S/C30H32N4O3/c1-4-33(5-2)28(35)20-34-27-18-12-10-16-23(27)24(22-14-7-6-8-15-22)19-26(29(34)36)32-30(37)31-25-17-11-9-13-21(25)3/h6-19,26H,4-5,20H2,1-3H3,(H2,31,32,37). The van der Waals surface area contributed by atoms with Gasteiger partial charge < -0.3 is 20.4 Å². The Bertz CT molecular complexity index is 1320. The molecule has 0 aliphatic carbocycles. The first kappa shape index (κ1) is 25.7. The fourth-order valence-electron chi connectivity index (χ4n) is 4.51. The molecule has 0 fully saturated rings. The Morgan fingerprint density at radius 2 is 1.54 bits per heavy atom. The summed E-state index contributed by atoms with van der Waals surface area (Å²) in [7, 11) is 0. The number of fused-ring (bicyclic) bond motifs is 1. The van der Waals surface area contributed by atoms with E-state index in [9.17, 15) is 14.4 Å². The van der Waals surface area contributed by atoms with Crippen molar-refractivity contribution < 1.29 is 14.4 Å². The molecule has 1 unspecified atom stereocenters. The van der Waals surface area contributed by atoms with E-state index in [0.29, 0.717) is 24.5 Å². The quantitative estimate of drug-likeness (QED) is 0.492. The Morgan fingerprint density at radius 3 is 2.24 bits per heavy atom. The average molecular weight is 497 g/mol. The van der Waals surface area contributed by atoms with Crippen LogP contribution < -0.4 is 15.5 Å². The molecule has 7 heteroatoms. The van der Waals surface area contributed by atoms with Crippen LogP contribution in [0.4, 0.5) is 16.2 Å². The predicted molar refractivity (Wildman–Crippen MR) is 147 cm³/mol. The van der Waals surface area contributed by atoms with Gasteiger partial charge in [0, 0.05) is 24.3 Å². The van der Waals surface area contributed by atoms with Gasteiger partial charge in [0.2, 0.25) is 5.91 Å². The number of nitrogens with zero attached hydrogens (tertiary/aromatic N) is 2. The summed E-state index contributed by atoms with van der Waals surface area (Å²) in [6.07, 6.45) is 1.77. The van der Waals surface area contributed by atoms with Crippen molar-refractivity contribution in [2.45, 2.75) is 26.8 Å². The molecule has 0 saturated heterocycles. The molecule has 1 heterocycles. The van der Waals surface area contributed by atoms with E-state index in [1.54, 1.807) is 17.0 Å². The second-order valence-corrected chi connectivity index (χ2v) is 8.84. The minimum Gasteiger partial charge on any atom is -0.342 e. The summed E-state index contributed by atoms with van der Waals surface area (Å²) in [5, 5.41) is 5.68. The number of carbonyl (C=O) groups is 3. The van der Waals surface area contributed by atoms with Gasteiger partial charge in [0.25, 0.3) is 5.91 Å². The van der Waals surface area contributed by atoms with Crippen molar-refractivity contribution >= 4 is 34.8 Å². The van der Waals surface area contributed by atoms with Crippen LogP contribution in [-0.4, -0.2) is 48.4 Å². The van der Waals surface area contributed by atoms with Gasteiger partial charge in [-0.3, -0.25) is 9.59 Å². The summed E-state index contributed by atoms with van der Waals surface area (Å²) < 4.78 is 0. The third kappa shape index (κ3) is 5.72. The lowest BCUT2D eigenvalue weighted by Gasteiger charge is -2.28. The summed E-state index contributed by atoms with van der Waals surface area (Å²) >= 11 is 0. The molecule has 3 aromatic rings. The van der Waals surface area contributed by atoms with Crippen molar-refractivity contribution in [1.82, 2.24) is 10.2 Å². The van der Waals surface area contributed by atoms with Gasteiger partial charge in [-0.25, -0.2) is 4.79 Å². The Hall–Kier alpha value is -4.39. The average Bonchev–Trinajstić information content (AvgIpc) is 3.02. The van der Waals surface area contributed by atoms with Crippen LogP contribution in [0.25, 0.3) is 5.57 Å². The van der Waals surface area contributed by atoms with Crippen LogP contribution in [0.2, 0.25) is 0 Å². The molecular formula is C30H32N4O3. The molecular weight excluding hydrogens is 464 g/mol. The number of urea groups is 1. The van der Waals surface area contributed by atoms with Gasteiger partial charge in [0.1, 0.15) is 12.6 Å². The minimum atomic E-state index is -0.990. The highest BCUT2D eigenvalue weighted by Crippen LogP contribution is 2.35. The van der Waals surface area contributed by atoms with Gasteiger partial charge in [-0.05, 0) is 55.7 Å². The first-order chi connectivity index (χ1) is 17.9. The molecule has 4 amide bonds. The highest BCUT2D eigenvalue weighted by molar-refractivity contribution is 6.09. The highest BCUT2D eigenvalue weighted by atomic mass is 16.2. The Balaban J connectivity index is 1.75. The maximum Gasteiger partial charge on any atom is 0.320 e. The lowest BCUT2D eigenvalue weighted by atomic mass is 9.95. The van der Waals surface area contributed by atoms with Gasteiger partial charge in [-0.1, -0.05) is 66.7 Å². The molecule has 0 saturated carbocycles. The van der Waals surface area contributed by atoms with Crippen molar-refractivity contribution in [1.29, 1.82) is 0 Å². The van der Waals surface area contributed by atoms with Crippen LogP contribution in [-0.2, 0) is 9.59 Å². The molecule has 4 rings (SSSR count). The minimum absolute atomic E-state index is 0.120. The zero-order chi connectivity index (χ0) is 26.4. The lowest BCUT2D eigenvalue weighted by molar-refractivity contribution is -0.131. The summed E-state index contributed by atoms with van der Waals surface area (Å²) in [6, 6.07) is 23.2. The number of rotatable bonds is 7. The third-order valence-electron chi connectivity index (χ3n) is 6.52. The van der Waals surface area contributed by atoms with Crippen LogP contribution in [0.15, 0.2) is 84.9 Å². The molecule has 37 heavy (non-hydrogen) atoms. The Labute approximate surface area is 217 Å². The van der Waals surface area contributed by atoms with E-state index in [-0.39, 0.29) is 18.4 Å². The van der Waals surface area contributed by atoms with Crippen LogP contribution in [0.5, 0.6) is 0 Å². The summed E-state index contributed by atoms with van der Waals surface area (Å²) in [6.45, 7) is 6.70. The number of carbonyl (C=O) groups excluding carboxylic acids is 3. The molecule has 0 radical (unpaired) electrons. The fraction of sp³-hybridized carbons (Fsp3) is 0.233. The van der Waals surface area contributed by atoms with E-state index in [2.05, 4.69) is 10.6 Å². The first-order valence-corrected chi connectivity index (χ1v) is 12.5. The molecule has 0 spiro atoms. The maximum absolute atomic E-state index is 13.9. The Kier molecular flexibility index (Phi) is 8.03. The smallest absolute Gasteiger partial charge is 0.320 e. The number of anilines is 2. The SMILES string of the molecule is CCN(CC)C(=O)CN1C(=O)C(NC(=O)Nc2ccccc2C)C=C(c2ccccc2)c2ccccc21. The van der Waals surface area contributed by atoms with Crippen LogP contribution in [0, 0.1) is 6.92 Å². The number of amides is 4. The van der Waals surface area contributed by atoms with Gasteiger partial charge in [0.05, 0.1) is 5.69 Å². The second-order valence-electron chi connectivity index (χ2n) is 8.84. The number of hydrogen-bond donors (Lipinski definition) is 2. The molecule has 190 valence electrons. The van der Waals surface area contributed by atoms with E-state index in [4.69, 9.17) is 0 Å². The first-order valence-electron chi connectivity index (χ1n) is 12.5. The zero-order valence-corrected chi connectivity index (χ0v) is 21.4. The number of nitrogens with one attached hydrogen (secondary N) is 2. The molecule has 0 bridgehead atoms. The monoisotopic (exact) mass is 496 g/mol. The zero-order valence-electron chi connectivity index (χ0n) is 21.4. The molecule has 1 atom stereocenters. The third-order valence-corrected chi connectivity index (χ3v) is 6.52. The number of benzene rings is 3. The van der Waals surface area contributed by atoms with E-state index >= 15 is 0 Å². The molecule has 7 nitrogen and oxygen atoms in total. The lowest BCUT2D eigenvalue weighted by Crippen LogP contribution is -2.51. The largest absolute Gasteiger partial charge is 0.342 e. The van der Waals surface area contributed by atoms with Crippen molar-refractivity contribution in [2.24, 2.45) is 0 Å². The number of aryl methyl sites for hydroxylation is 1. The fourth-order valence-corrected chi connectivity index (χ4v) is 4.51. The normalized spacial score (nSPS) is 14.8. The maximum atomic E-state index is 13.9. The molecule has 3 aromatic carbocycles. The van der Waals surface area contributed by atoms with Crippen molar-refractivity contribution in [2.75, 3.05) is 29.9 Å². The van der Waals surface area contributed by atoms with Crippen LogP contribution in [0.1, 0.15) is 30.5 Å². The number of hydrogen-bond acceptors (Lipinski definition) is 3. The predicted octanol–water partition coefficient (Wildman–Crippen LogP) is 4.83. The highest BCUT2D eigenvalue weighted by Gasteiger charge is 2.33. The van der Waals surface area contributed by atoms with Gasteiger partial charge in [0.15, 0.2) is 0 Å². The summed E-state index contributed by atoms with van der Waals surface area (Å²) in [4.78, 5) is 43.3. The molecule has 0 aromatic heterocycles.